The first kappa shape index (κ1) is 16.2. The van der Waals surface area contributed by atoms with Crippen LogP contribution in [0.3, 0.4) is 0 Å². The quantitative estimate of drug-likeness (QED) is 0.816. The van der Waals surface area contributed by atoms with Crippen LogP contribution >= 0.6 is 11.3 Å². The van der Waals surface area contributed by atoms with Crippen molar-refractivity contribution in [3.8, 4) is 0 Å². The smallest absolute Gasteiger partial charge is 0.273 e. The van der Waals surface area contributed by atoms with Crippen LogP contribution in [-0.4, -0.2) is 29.3 Å². The van der Waals surface area contributed by atoms with Crippen molar-refractivity contribution < 1.29 is 14.4 Å². The van der Waals surface area contributed by atoms with Crippen LogP contribution in [0.4, 0.5) is 0 Å². The molecule has 1 aliphatic rings. The third kappa shape index (κ3) is 3.82. The Hall–Kier alpha value is -1.66. The summed E-state index contributed by atoms with van der Waals surface area (Å²) in [6.45, 7) is 0.732. The molecule has 6 heteroatoms. The fourth-order valence-electron chi connectivity index (χ4n) is 3.12. The highest BCUT2D eigenvalue weighted by Gasteiger charge is 2.24. The van der Waals surface area contributed by atoms with Crippen LogP contribution in [0, 0.1) is 0 Å². The number of aliphatic hydroxyl groups is 1. The average Bonchev–Trinajstić information content (AvgIpc) is 3.23. The molecule has 0 fully saturated rings. The molecule has 5 nitrogen and oxygen atoms in total. The minimum atomic E-state index is -0.147. The zero-order valence-corrected chi connectivity index (χ0v) is 13.9. The predicted molar refractivity (Wildman–Crippen MR) is 88.9 cm³/mol. The molecule has 1 unspecified atom stereocenters. The zero-order chi connectivity index (χ0) is 16.1. The summed E-state index contributed by atoms with van der Waals surface area (Å²) in [6.07, 6.45) is 5.48. The molecule has 0 bridgehead atoms. The number of aromatic nitrogens is 1. The molecule has 0 spiro atoms. The number of carbonyl (C=O) groups excluding carboxylic acids is 1. The highest BCUT2D eigenvalue weighted by molar-refractivity contribution is 7.10. The van der Waals surface area contributed by atoms with Gasteiger partial charge in [0, 0.05) is 30.0 Å². The van der Waals surface area contributed by atoms with E-state index < -0.39 is 0 Å². The van der Waals surface area contributed by atoms with Gasteiger partial charge in [0.2, 0.25) is 0 Å². The van der Waals surface area contributed by atoms with Crippen LogP contribution in [-0.2, 0) is 12.8 Å². The second kappa shape index (κ2) is 7.75. The lowest BCUT2D eigenvalue weighted by Crippen LogP contribution is -2.27. The van der Waals surface area contributed by atoms with Gasteiger partial charge in [-0.15, -0.1) is 11.3 Å². The summed E-state index contributed by atoms with van der Waals surface area (Å²) in [7, 11) is 0. The van der Waals surface area contributed by atoms with Gasteiger partial charge in [-0.3, -0.25) is 4.79 Å². The van der Waals surface area contributed by atoms with E-state index in [2.05, 4.69) is 16.5 Å². The first-order chi connectivity index (χ1) is 11.3. The van der Waals surface area contributed by atoms with E-state index >= 15 is 0 Å². The average molecular weight is 334 g/mol. The second-order valence-electron chi connectivity index (χ2n) is 5.91. The first-order valence-electron chi connectivity index (χ1n) is 8.19. The van der Waals surface area contributed by atoms with Gasteiger partial charge in [0.05, 0.1) is 0 Å². The van der Waals surface area contributed by atoms with Gasteiger partial charge in [-0.1, -0.05) is 11.2 Å². The molecule has 3 rings (SSSR count). The Morgan fingerprint density at radius 3 is 3.04 bits per heavy atom. The van der Waals surface area contributed by atoms with Gasteiger partial charge in [-0.2, -0.15) is 0 Å². The van der Waals surface area contributed by atoms with Crippen LogP contribution in [0.1, 0.15) is 58.3 Å². The van der Waals surface area contributed by atoms with Gasteiger partial charge in [0.1, 0.15) is 5.76 Å². The number of hydrogen-bond acceptors (Lipinski definition) is 5. The maximum absolute atomic E-state index is 12.3. The zero-order valence-electron chi connectivity index (χ0n) is 13.1. The highest BCUT2D eigenvalue weighted by Crippen LogP contribution is 2.27. The molecule has 124 valence electrons. The molecule has 0 saturated heterocycles. The fourth-order valence-corrected chi connectivity index (χ4v) is 4.01. The van der Waals surface area contributed by atoms with Crippen LogP contribution < -0.4 is 5.32 Å². The normalized spacial score (nSPS) is 15.2. The van der Waals surface area contributed by atoms with E-state index in [0.29, 0.717) is 12.2 Å². The lowest BCUT2D eigenvalue weighted by atomic mass is 9.96. The molecular weight excluding hydrogens is 312 g/mol. The van der Waals surface area contributed by atoms with Crippen molar-refractivity contribution in [3.63, 3.8) is 0 Å². The Kier molecular flexibility index (Phi) is 5.46. The largest absolute Gasteiger partial charge is 0.396 e. The Morgan fingerprint density at radius 1 is 1.39 bits per heavy atom. The summed E-state index contributed by atoms with van der Waals surface area (Å²) in [5.74, 6) is 1.01. The van der Waals surface area contributed by atoms with Gasteiger partial charge in [-0.25, -0.2) is 0 Å². The van der Waals surface area contributed by atoms with Gasteiger partial charge in [-0.05, 0) is 49.5 Å². The summed E-state index contributed by atoms with van der Waals surface area (Å²) < 4.78 is 5.29. The van der Waals surface area contributed by atoms with Crippen molar-refractivity contribution in [1.82, 2.24) is 10.5 Å². The van der Waals surface area contributed by atoms with Crippen molar-refractivity contribution in [1.29, 1.82) is 0 Å². The van der Waals surface area contributed by atoms with Gasteiger partial charge in [0.15, 0.2) is 5.69 Å². The predicted octanol–water partition coefficient (Wildman–Crippen LogP) is 2.90. The molecule has 2 heterocycles. The number of fused-ring (bicyclic) bond motifs is 1. The third-order valence-electron chi connectivity index (χ3n) is 4.37. The monoisotopic (exact) mass is 334 g/mol. The van der Waals surface area contributed by atoms with E-state index in [4.69, 9.17) is 4.52 Å². The number of carbonyl (C=O) groups is 1. The molecule has 0 radical (unpaired) electrons. The summed E-state index contributed by atoms with van der Waals surface area (Å²) in [6, 6.07) is 4.10. The van der Waals surface area contributed by atoms with Crippen molar-refractivity contribution in [2.24, 2.45) is 0 Å². The summed E-state index contributed by atoms with van der Waals surface area (Å²) >= 11 is 1.70. The Labute approximate surface area is 139 Å². The van der Waals surface area contributed by atoms with Gasteiger partial charge in [0.25, 0.3) is 5.91 Å². The van der Waals surface area contributed by atoms with Crippen LogP contribution in [0.15, 0.2) is 22.0 Å². The molecular formula is C17H22N2O3S. The lowest BCUT2D eigenvalue weighted by Gasteiger charge is -2.14. The van der Waals surface area contributed by atoms with Crippen molar-refractivity contribution >= 4 is 17.2 Å². The minimum absolute atomic E-state index is 0.147. The van der Waals surface area contributed by atoms with E-state index in [1.54, 1.807) is 11.3 Å². The summed E-state index contributed by atoms with van der Waals surface area (Å²) in [5, 5.41) is 18.2. The number of aliphatic hydroxyl groups excluding tert-OH is 1. The summed E-state index contributed by atoms with van der Waals surface area (Å²) in [4.78, 5) is 13.6. The van der Waals surface area contributed by atoms with E-state index in [1.807, 2.05) is 11.4 Å². The van der Waals surface area contributed by atoms with Gasteiger partial charge < -0.3 is 14.9 Å². The van der Waals surface area contributed by atoms with E-state index in [9.17, 15) is 9.90 Å². The highest BCUT2D eigenvalue weighted by atomic mass is 32.1. The van der Waals surface area contributed by atoms with Crippen LogP contribution in [0.2, 0.25) is 0 Å². The van der Waals surface area contributed by atoms with Gasteiger partial charge >= 0.3 is 0 Å². The Morgan fingerprint density at radius 2 is 2.26 bits per heavy atom. The molecule has 23 heavy (non-hydrogen) atoms. The molecule has 1 amide bonds. The fraction of sp³-hybridized carbons (Fsp3) is 0.529. The molecule has 1 aliphatic carbocycles. The number of nitrogens with one attached hydrogen (secondary N) is 1. The van der Waals surface area contributed by atoms with Crippen molar-refractivity contribution in [3.05, 3.63) is 39.4 Å². The van der Waals surface area contributed by atoms with Crippen LogP contribution in [0.25, 0.3) is 0 Å². The molecule has 0 aromatic carbocycles. The van der Waals surface area contributed by atoms with E-state index in [0.717, 1.165) is 49.8 Å². The molecule has 2 N–H and O–H groups in total. The number of thiophene rings is 1. The molecule has 2 aromatic heterocycles. The maximum atomic E-state index is 12.3. The number of nitrogens with zero attached hydrogens (tertiary/aromatic N) is 1. The summed E-state index contributed by atoms with van der Waals surface area (Å²) in [5.41, 5.74) is 1.44. The topological polar surface area (TPSA) is 75.4 Å². The maximum Gasteiger partial charge on any atom is 0.273 e. The van der Waals surface area contributed by atoms with Crippen molar-refractivity contribution in [2.45, 2.75) is 44.4 Å². The number of aryl methyl sites for hydroxylation is 1. The second-order valence-corrected chi connectivity index (χ2v) is 6.89. The Bertz CT molecular complexity index is 636. The van der Waals surface area contributed by atoms with E-state index in [1.165, 1.54) is 4.88 Å². The van der Waals surface area contributed by atoms with Crippen LogP contribution in [0.5, 0.6) is 0 Å². The first-order valence-corrected chi connectivity index (χ1v) is 9.07. The van der Waals surface area contributed by atoms with E-state index in [-0.39, 0.29) is 18.4 Å². The molecule has 0 saturated carbocycles. The van der Waals surface area contributed by atoms with Crippen molar-refractivity contribution in [2.75, 3.05) is 13.2 Å². The molecule has 0 aliphatic heterocycles. The number of rotatable bonds is 7. The third-order valence-corrected chi connectivity index (χ3v) is 5.40. The molecule has 2 aromatic rings. The molecule has 1 atom stereocenters. The number of amides is 1. The standard InChI is InChI=1S/C17H22N2O3S/c20-10-8-12(15-6-3-11-23-15)7-9-18-17(21)16-13-4-1-2-5-14(13)22-19-16/h3,6,11-12,20H,1-2,4-5,7-10H2,(H,18,21). The lowest BCUT2D eigenvalue weighted by molar-refractivity contribution is 0.0942. The number of hydrogen-bond donors (Lipinski definition) is 2. The SMILES string of the molecule is O=C(NCCC(CCO)c1cccs1)c1noc2c1CCCC2. The minimum Gasteiger partial charge on any atom is -0.396 e. The Balaban J connectivity index is 1.55.